The highest BCUT2D eigenvalue weighted by atomic mass is 19.2. The molecule has 2 nitrogen and oxygen atoms in total. The zero-order chi connectivity index (χ0) is 13.5. The molecule has 0 atom stereocenters. The lowest BCUT2D eigenvalue weighted by atomic mass is 10.1. The van der Waals surface area contributed by atoms with Gasteiger partial charge in [0.2, 0.25) is 0 Å². The Morgan fingerprint density at radius 1 is 1.28 bits per heavy atom. The van der Waals surface area contributed by atoms with E-state index in [4.69, 9.17) is 0 Å². The van der Waals surface area contributed by atoms with E-state index >= 15 is 0 Å². The van der Waals surface area contributed by atoms with Crippen molar-refractivity contribution < 1.29 is 13.6 Å². The minimum atomic E-state index is -1.09. The molecule has 0 spiro atoms. The van der Waals surface area contributed by atoms with Gasteiger partial charge in [0.15, 0.2) is 11.6 Å². The largest absolute Gasteiger partial charge is 0.352 e. The van der Waals surface area contributed by atoms with Gasteiger partial charge in [-0.25, -0.2) is 8.78 Å². The molecule has 0 radical (unpaired) electrons. The first-order chi connectivity index (χ1) is 8.52. The summed E-state index contributed by atoms with van der Waals surface area (Å²) in [6, 6.07) is 3.60. The van der Waals surface area contributed by atoms with E-state index in [0.29, 0.717) is 12.5 Å². The molecule has 100 valence electrons. The van der Waals surface area contributed by atoms with E-state index in [-0.39, 0.29) is 5.56 Å². The van der Waals surface area contributed by atoms with Crippen molar-refractivity contribution in [3.8, 4) is 0 Å². The number of benzene rings is 1. The monoisotopic (exact) mass is 255 g/mol. The third kappa shape index (κ3) is 4.43. The van der Waals surface area contributed by atoms with Crippen molar-refractivity contribution in [3.05, 3.63) is 35.4 Å². The predicted octanol–water partition coefficient (Wildman–Crippen LogP) is 3.52. The van der Waals surface area contributed by atoms with E-state index in [2.05, 4.69) is 19.2 Å². The molecule has 4 heteroatoms. The number of hydrogen-bond donors (Lipinski definition) is 1. The van der Waals surface area contributed by atoms with E-state index in [9.17, 15) is 13.6 Å². The van der Waals surface area contributed by atoms with E-state index in [1.54, 1.807) is 0 Å². The van der Waals surface area contributed by atoms with Crippen LogP contribution in [0.1, 0.15) is 43.5 Å². The molecule has 0 unspecified atom stereocenters. The van der Waals surface area contributed by atoms with Crippen LogP contribution in [0.4, 0.5) is 8.78 Å². The molecule has 0 saturated heterocycles. The Bertz CT molecular complexity index is 405. The molecule has 0 aliphatic heterocycles. The fraction of sp³-hybridized carbons (Fsp3) is 0.500. The van der Waals surface area contributed by atoms with Crippen LogP contribution in [0.25, 0.3) is 0 Å². The van der Waals surface area contributed by atoms with Crippen LogP contribution in [0.2, 0.25) is 0 Å². The molecule has 0 aromatic heterocycles. The smallest absolute Gasteiger partial charge is 0.254 e. The molecule has 1 aromatic carbocycles. The van der Waals surface area contributed by atoms with Crippen molar-refractivity contribution >= 4 is 5.91 Å². The SMILES string of the molecule is CC(C)CCCCNC(=O)c1cccc(F)c1F. The number of rotatable bonds is 6. The highest BCUT2D eigenvalue weighted by molar-refractivity contribution is 5.94. The van der Waals surface area contributed by atoms with Crippen LogP contribution in [0.5, 0.6) is 0 Å². The van der Waals surface area contributed by atoms with Gasteiger partial charge in [-0.1, -0.05) is 32.8 Å². The standard InChI is InChI=1S/C14H19F2NO/c1-10(2)6-3-4-9-17-14(18)11-7-5-8-12(15)13(11)16/h5,7-8,10H,3-4,6,9H2,1-2H3,(H,17,18). The summed E-state index contributed by atoms with van der Waals surface area (Å²) in [7, 11) is 0. The molecule has 0 heterocycles. The molecule has 0 aliphatic carbocycles. The van der Waals surface area contributed by atoms with Gasteiger partial charge in [-0.15, -0.1) is 0 Å². The maximum absolute atomic E-state index is 13.3. The Morgan fingerprint density at radius 2 is 2.00 bits per heavy atom. The molecule has 0 aliphatic rings. The highest BCUT2D eigenvalue weighted by Gasteiger charge is 2.14. The van der Waals surface area contributed by atoms with E-state index in [1.165, 1.54) is 12.1 Å². The molecule has 0 bridgehead atoms. The summed E-state index contributed by atoms with van der Waals surface area (Å²) >= 11 is 0. The second-order valence-corrected chi connectivity index (χ2v) is 4.75. The van der Waals surface area contributed by atoms with Crippen molar-refractivity contribution in [3.63, 3.8) is 0 Å². The molecule has 1 rings (SSSR count). The van der Waals surface area contributed by atoms with E-state index in [0.717, 1.165) is 25.3 Å². The zero-order valence-electron chi connectivity index (χ0n) is 10.8. The van der Waals surface area contributed by atoms with Gasteiger partial charge in [0.05, 0.1) is 5.56 Å². The van der Waals surface area contributed by atoms with Crippen molar-refractivity contribution in [1.82, 2.24) is 5.32 Å². The summed E-state index contributed by atoms with van der Waals surface area (Å²) in [5.41, 5.74) is -0.237. The second kappa shape index (κ2) is 7.09. The van der Waals surface area contributed by atoms with Gasteiger partial charge >= 0.3 is 0 Å². The Morgan fingerprint density at radius 3 is 2.67 bits per heavy atom. The number of nitrogens with one attached hydrogen (secondary N) is 1. The number of halogens is 2. The van der Waals surface area contributed by atoms with Gasteiger partial charge in [0.1, 0.15) is 0 Å². The summed E-state index contributed by atoms with van der Waals surface area (Å²) in [5, 5.41) is 2.60. The van der Waals surface area contributed by atoms with Crippen LogP contribution in [0, 0.1) is 17.6 Å². The van der Waals surface area contributed by atoms with Crippen molar-refractivity contribution in [2.45, 2.75) is 33.1 Å². The number of amides is 1. The Labute approximate surface area is 106 Å². The molecule has 1 N–H and O–H groups in total. The quantitative estimate of drug-likeness (QED) is 0.774. The van der Waals surface area contributed by atoms with Gasteiger partial charge < -0.3 is 5.32 Å². The third-order valence-electron chi connectivity index (χ3n) is 2.69. The topological polar surface area (TPSA) is 29.1 Å². The maximum atomic E-state index is 13.3. The molecule has 1 aromatic rings. The van der Waals surface area contributed by atoms with Gasteiger partial charge in [-0.2, -0.15) is 0 Å². The molecule has 0 fully saturated rings. The van der Waals surface area contributed by atoms with Crippen LogP contribution in [-0.2, 0) is 0 Å². The predicted molar refractivity (Wildman–Crippen MR) is 67.4 cm³/mol. The normalized spacial score (nSPS) is 10.7. The Kier molecular flexibility index (Phi) is 5.75. The number of unbranched alkanes of at least 4 members (excludes halogenated alkanes) is 1. The summed E-state index contributed by atoms with van der Waals surface area (Å²) < 4.78 is 26.2. The van der Waals surface area contributed by atoms with Crippen LogP contribution < -0.4 is 5.32 Å². The molecule has 0 saturated carbocycles. The lowest BCUT2D eigenvalue weighted by Crippen LogP contribution is -2.25. The lowest BCUT2D eigenvalue weighted by Gasteiger charge is -2.07. The van der Waals surface area contributed by atoms with Crippen molar-refractivity contribution in [1.29, 1.82) is 0 Å². The summed E-state index contributed by atoms with van der Waals surface area (Å²) in [4.78, 5) is 11.6. The van der Waals surface area contributed by atoms with Crippen LogP contribution in [0.15, 0.2) is 18.2 Å². The highest BCUT2D eigenvalue weighted by Crippen LogP contribution is 2.11. The molecule has 1 amide bonds. The maximum Gasteiger partial charge on any atom is 0.254 e. The summed E-state index contributed by atoms with van der Waals surface area (Å²) in [6.07, 6.45) is 2.97. The fourth-order valence-electron chi connectivity index (χ4n) is 1.65. The number of hydrogen-bond acceptors (Lipinski definition) is 1. The minimum absolute atomic E-state index is 0.237. The molecular formula is C14H19F2NO. The first kappa shape index (κ1) is 14.6. The Balaban J connectivity index is 2.39. The van der Waals surface area contributed by atoms with Crippen molar-refractivity contribution in [2.24, 2.45) is 5.92 Å². The van der Waals surface area contributed by atoms with E-state index in [1.807, 2.05) is 0 Å². The third-order valence-corrected chi connectivity index (χ3v) is 2.69. The first-order valence-corrected chi connectivity index (χ1v) is 6.24. The van der Waals surface area contributed by atoms with Gasteiger partial charge in [-0.3, -0.25) is 4.79 Å². The van der Waals surface area contributed by atoms with E-state index < -0.39 is 17.5 Å². The summed E-state index contributed by atoms with van der Waals surface area (Å²) in [5.74, 6) is -2.00. The summed E-state index contributed by atoms with van der Waals surface area (Å²) in [6.45, 7) is 4.77. The van der Waals surface area contributed by atoms with Crippen LogP contribution in [-0.4, -0.2) is 12.5 Å². The fourth-order valence-corrected chi connectivity index (χ4v) is 1.65. The van der Waals surface area contributed by atoms with Crippen LogP contribution >= 0.6 is 0 Å². The van der Waals surface area contributed by atoms with Gasteiger partial charge in [0.25, 0.3) is 5.91 Å². The average molecular weight is 255 g/mol. The minimum Gasteiger partial charge on any atom is -0.352 e. The van der Waals surface area contributed by atoms with Gasteiger partial charge in [0, 0.05) is 6.54 Å². The zero-order valence-corrected chi connectivity index (χ0v) is 10.8. The van der Waals surface area contributed by atoms with Gasteiger partial charge in [-0.05, 0) is 24.5 Å². The number of carbonyl (C=O) groups excluding carboxylic acids is 1. The average Bonchev–Trinajstić information content (AvgIpc) is 2.31. The molecular weight excluding hydrogens is 236 g/mol. The lowest BCUT2D eigenvalue weighted by molar-refractivity contribution is 0.0948. The first-order valence-electron chi connectivity index (χ1n) is 6.24. The molecule has 18 heavy (non-hydrogen) atoms. The Hall–Kier alpha value is -1.45. The van der Waals surface area contributed by atoms with Crippen LogP contribution in [0.3, 0.4) is 0 Å². The van der Waals surface area contributed by atoms with Crippen molar-refractivity contribution in [2.75, 3.05) is 6.54 Å². The second-order valence-electron chi connectivity index (χ2n) is 4.75. The number of carbonyl (C=O) groups is 1.